The van der Waals surface area contributed by atoms with Crippen LogP contribution in [0, 0.1) is 0 Å². The fraction of sp³-hybridized carbons (Fsp3) is 0.333. The van der Waals surface area contributed by atoms with Gasteiger partial charge in [0.2, 0.25) is 5.91 Å². The molecule has 0 aliphatic carbocycles. The maximum absolute atomic E-state index is 12.5. The molecule has 5 heteroatoms. The molecule has 1 atom stereocenters. The lowest BCUT2D eigenvalue weighted by Crippen LogP contribution is -2.49. The SMILES string of the molecule is CCc1ccc(NC(=O)CN2Cc3ccccc3CC2C(=O)OC)cc1. The van der Waals surface area contributed by atoms with E-state index in [1.54, 1.807) is 0 Å². The number of hydrogen-bond acceptors (Lipinski definition) is 4. The first kappa shape index (κ1) is 18.1. The summed E-state index contributed by atoms with van der Waals surface area (Å²) in [6, 6.07) is 15.4. The van der Waals surface area contributed by atoms with Gasteiger partial charge in [0.25, 0.3) is 0 Å². The molecule has 136 valence electrons. The van der Waals surface area contributed by atoms with Gasteiger partial charge in [-0.05, 0) is 41.7 Å². The lowest BCUT2D eigenvalue weighted by molar-refractivity contribution is -0.148. The predicted octanol–water partition coefficient (Wildman–Crippen LogP) is 2.79. The van der Waals surface area contributed by atoms with Crippen LogP contribution in [0.5, 0.6) is 0 Å². The summed E-state index contributed by atoms with van der Waals surface area (Å²) in [5.74, 6) is -0.442. The average molecular weight is 352 g/mol. The second-order valence-electron chi connectivity index (χ2n) is 6.52. The quantitative estimate of drug-likeness (QED) is 0.841. The number of ether oxygens (including phenoxy) is 1. The van der Waals surface area contributed by atoms with Gasteiger partial charge in [-0.3, -0.25) is 14.5 Å². The van der Waals surface area contributed by atoms with Crippen LogP contribution in [-0.2, 0) is 33.7 Å². The standard InChI is InChI=1S/C21H24N2O3/c1-3-15-8-10-18(11-9-15)22-20(24)14-23-13-17-7-5-4-6-16(17)12-19(23)21(25)26-2/h4-11,19H,3,12-14H2,1-2H3,(H,22,24). The van der Waals surface area contributed by atoms with Gasteiger partial charge < -0.3 is 10.1 Å². The Morgan fingerprint density at radius 1 is 1.12 bits per heavy atom. The molecule has 1 amide bonds. The fourth-order valence-corrected chi connectivity index (χ4v) is 3.32. The molecular formula is C21H24N2O3. The minimum absolute atomic E-state index is 0.137. The van der Waals surface area contributed by atoms with Crippen molar-refractivity contribution in [1.29, 1.82) is 0 Å². The van der Waals surface area contributed by atoms with Crippen molar-refractivity contribution in [2.24, 2.45) is 0 Å². The van der Waals surface area contributed by atoms with Crippen molar-refractivity contribution in [2.75, 3.05) is 19.0 Å². The van der Waals surface area contributed by atoms with Crippen molar-refractivity contribution in [1.82, 2.24) is 4.90 Å². The number of rotatable bonds is 5. The molecule has 0 aromatic heterocycles. The van der Waals surface area contributed by atoms with E-state index in [1.807, 2.05) is 53.4 Å². The zero-order valence-corrected chi connectivity index (χ0v) is 15.2. The molecule has 1 aliphatic rings. The highest BCUT2D eigenvalue weighted by Gasteiger charge is 2.33. The van der Waals surface area contributed by atoms with Crippen molar-refractivity contribution in [3.05, 3.63) is 65.2 Å². The molecule has 0 radical (unpaired) electrons. The summed E-state index contributed by atoms with van der Waals surface area (Å²) in [5.41, 5.74) is 4.27. The number of nitrogens with one attached hydrogen (secondary N) is 1. The van der Waals surface area contributed by atoms with Crippen molar-refractivity contribution in [3.63, 3.8) is 0 Å². The van der Waals surface area contributed by atoms with Crippen LogP contribution in [0.25, 0.3) is 0 Å². The van der Waals surface area contributed by atoms with Gasteiger partial charge >= 0.3 is 5.97 Å². The van der Waals surface area contributed by atoms with Gasteiger partial charge in [-0.15, -0.1) is 0 Å². The van der Waals surface area contributed by atoms with Crippen molar-refractivity contribution < 1.29 is 14.3 Å². The summed E-state index contributed by atoms with van der Waals surface area (Å²) in [6.07, 6.45) is 1.52. The van der Waals surface area contributed by atoms with Crippen molar-refractivity contribution in [2.45, 2.75) is 32.4 Å². The number of hydrogen-bond donors (Lipinski definition) is 1. The summed E-state index contributed by atoms with van der Waals surface area (Å²) >= 11 is 0. The minimum Gasteiger partial charge on any atom is -0.468 e. The largest absolute Gasteiger partial charge is 0.468 e. The van der Waals surface area contributed by atoms with Crippen LogP contribution in [0.1, 0.15) is 23.6 Å². The molecule has 5 nitrogen and oxygen atoms in total. The van der Waals surface area contributed by atoms with Gasteiger partial charge in [-0.2, -0.15) is 0 Å². The topological polar surface area (TPSA) is 58.6 Å². The molecule has 2 aromatic carbocycles. The van der Waals surface area contributed by atoms with Crippen molar-refractivity contribution in [3.8, 4) is 0 Å². The Bertz CT molecular complexity index is 786. The molecule has 0 spiro atoms. The van der Waals surface area contributed by atoms with E-state index in [9.17, 15) is 9.59 Å². The second-order valence-corrected chi connectivity index (χ2v) is 6.52. The smallest absolute Gasteiger partial charge is 0.323 e. The average Bonchev–Trinajstić information content (AvgIpc) is 2.67. The van der Waals surface area contributed by atoms with E-state index < -0.39 is 6.04 Å². The lowest BCUT2D eigenvalue weighted by Gasteiger charge is -2.34. The number of aryl methyl sites for hydroxylation is 1. The third-order valence-electron chi connectivity index (χ3n) is 4.81. The number of nitrogens with zero attached hydrogens (tertiary/aromatic N) is 1. The van der Waals surface area contributed by atoms with Gasteiger partial charge in [0.15, 0.2) is 0 Å². The van der Waals surface area contributed by atoms with E-state index in [0.717, 1.165) is 23.2 Å². The summed E-state index contributed by atoms with van der Waals surface area (Å²) in [6.45, 7) is 2.79. The number of methoxy groups -OCH3 is 1. The monoisotopic (exact) mass is 352 g/mol. The molecule has 1 unspecified atom stereocenters. The zero-order valence-electron chi connectivity index (χ0n) is 15.2. The molecule has 1 heterocycles. The zero-order chi connectivity index (χ0) is 18.5. The summed E-state index contributed by atoms with van der Waals surface area (Å²) in [4.78, 5) is 26.6. The number of benzene rings is 2. The highest BCUT2D eigenvalue weighted by Crippen LogP contribution is 2.24. The van der Waals surface area contributed by atoms with E-state index >= 15 is 0 Å². The Hall–Kier alpha value is -2.66. The first-order valence-electron chi connectivity index (χ1n) is 8.88. The van der Waals surface area contributed by atoms with E-state index in [0.29, 0.717) is 13.0 Å². The predicted molar refractivity (Wildman–Crippen MR) is 101 cm³/mol. The van der Waals surface area contributed by atoms with Crippen LogP contribution in [0.2, 0.25) is 0 Å². The van der Waals surface area contributed by atoms with Crippen LogP contribution in [0.3, 0.4) is 0 Å². The van der Waals surface area contributed by atoms with Gasteiger partial charge in [-0.25, -0.2) is 0 Å². The Morgan fingerprint density at radius 2 is 1.81 bits per heavy atom. The molecular weight excluding hydrogens is 328 g/mol. The third kappa shape index (κ3) is 4.11. The van der Waals surface area contributed by atoms with Crippen LogP contribution in [0.4, 0.5) is 5.69 Å². The molecule has 26 heavy (non-hydrogen) atoms. The molecule has 0 fully saturated rings. The molecule has 0 saturated carbocycles. The van der Waals surface area contributed by atoms with Crippen LogP contribution in [-0.4, -0.2) is 36.5 Å². The number of carbonyl (C=O) groups excluding carboxylic acids is 2. The second kappa shape index (κ2) is 8.15. The number of fused-ring (bicyclic) bond motifs is 1. The molecule has 3 rings (SSSR count). The molecule has 0 saturated heterocycles. The van der Waals surface area contributed by atoms with Crippen LogP contribution >= 0.6 is 0 Å². The summed E-state index contributed by atoms with van der Waals surface area (Å²) < 4.78 is 4.95. The highest BCUT2D eigenvalue weighted by molar-refractivity contribution is 5.92. The number of esters is 1. The molecule has 0 bridgehead atoms. The van der Waals surface area contributed by atoms with E-state index in [1.165, 1.54) is 12.7 Å². The number of carbonyl (C=O) groups is 2. The van der Waals surface area contributed by atoms with Crippen LogP contribution in [0.15, 0.2) is 48.5 Å². The van der Waals surface area contributed by atoms with E-state index in [2.05, 4.69) is 12.2 Å². The first-order valence-corrected chi connectivity index (χ1v) is 8.88. The highest BCUT2D eigenvalue weighted by atomic mass is 16.5. The van der Waals surface area contributed by atoms with Gasteiger partial charge in [0.05, 0.1) is 13.7 Å². The Balaban J connectivity index is 1.71. The fourth-order valence-electron chi connectivity index (χ4n) is 3.32. The maximum Gasteiger partial charge on any atom is 0.323 e. The van der Waals surface area contributed by atoms with Gasteiger partial charge in [-0.1, -0.05) is 43.3 Å². The first-order chi connectivity index (χ1) is 12.6. The van der Waals surface area contributed by atoms with Gasteiger partial charge in [0.1, 0.15) is 6.04 Å². The number of amides is 1. The van der Waals surface area contributed by atoms with E-state index in [-0.39, 0.29) is 18.4 Å². The minimum atomic E-state index is -0.442. The molecule has 1 N–H and O–H groups in total. The van der Waals surface area contributed by atoms with Gasteiger partial charge in [0, 0.05) is 12.2 Å². The lowest BCUT2D eigenvalue weighted by atomic mass is 9.94. The normalized spacial score (nSPS) is 16.6. The van der Waals surface area contributed by atoms with Crippen LogP contribution < -0.4 is 5.32 Å². The maximum atomic E-state index is 12.5. The Morgan fingerprint density at radius 3 is 2.46 bits per heavy atom. The summed E-state index contributed by atoms with van der Waals surface area (Å²) in [5, 5.41) is 2.91. The summed E-state index contributed by atoms with van der Waals surface area (Å²) in [7, 11) is 1.39. The van der Waals surface area contributed by atoms with Crippen molar-refractivity contribution >= 4 is 17.6 Å². The molecule has 2 aromatic rings. The Kier molecular flexibility index (Phi) is 5.68. The van der Waals surface area contributed by atoms with E-state index in [4.69, 9.17) is 4.74 Å². The number of anilines is 1. The third-order valence-corrected chi connectivity index (χ3v) is 4.81. The molecule has 1 aliphatic heterocycles. The Labute approximate surface area is 154 Å².